The van der Waals surface area contributed by atoms with Gasteiger partial charge in [-0.25, -0.2) is 0 Å². The van der Waals surface area contributed by atoms with E-state index in [0.29, 0.717) is 23.3 Å². The summed E-state index contributed by atoms with van der Waals surface area (Å²) in [6, 6.07) is 4.92. The van der Waals surface area contributed by atoms with Crippen molar-refractivity contribution in [2.24, 2.45) is 0 Å². The fraction of sp³-hybridized carbons (Fsp3) is 0.273. The van der Waals surface area contributed by atoms with Gasteiger partial charge in [0.2, 0.25) is 0 Å². The van der Waals surface area contributed by atoms with Crippen LogP contribution in [0.3, 0.4) is 0 Å². The average molecular weight is 221 g/mol. The molecule has 0 amide bonds. The second-order valence-corrected chi connectivity index (χ2v) is 3.43. The Morgan fingerprint density at radius 1 is 1.53 bits per heavy atom. The number of nitro groups is 1. The molecule has 0 heterocycles. The van der Waals surface area contributed by atoms with Gasteiger partial charge in [0.05, 0.1) is 4.92 Å². The molecule has 0 aliphatic heterocycles. The molecule has 0 radical (unpaired) electrons. The zero-order valence-electron chi connectivity index (χ0n) is 8.36. The van der Waals surface area contributed by atoms with Crippen LogP contribution in [0.15, 0.2) is 18.2 Å². The number of benzene rings is 1. The van der Waals surface area contributed by atoms with E-state index in [1.165, 1.54) is 6.07 Å². The molecule has 0 aromatic heterocycles. The average Bonchev–Trinajstić information content (AvgIpc) is 2.20. The van der Waals surface area contributed by atoms with E-state index in [0.717, 1.165) is 0 Å². The standard InChI is InChI=1S/C11H11NO2S/c1-9-10(5-2-3-8-15)6-4-7-11(9)12(13)14/h4,6-7,15H,3,8H2,1H3. The van der Waals surface area contributed by atoms with Gasteiger partial charge >= 0.3 is 0 Å². The van der Waals surface area contributed by atoms with Gasteiger partial charge in [-0.3, -0.25) is 10.1 Å². The van der Waals surface area contributed by atoms with Crippen molar-refractivity contribution in [2.45, 2.75) is 13.3 Å². The van der Waals surface area contributed by atoms with Gasteiger partial charge in [-0.15, -0.1) is 0 Å². The third-order valence-corrected chi connectivity index (χ3v) is 2.19. The van der Waals surface area contributed by atoms with Gasteiger partial charge in [-0.2, -0.15) is 12.6 Å². The normalized spacial score (nSPS) is 9.20. The number of hydrogen-bond donors (Lipinski definition) is 1. The minimum Gasteiger partial charge on any atom is -0.258 e. The highest BCUT2D eigenvalue weighted by Gasteiger charge is 2.11. The van der Waals surface area contributed by atoms with Gasteiger partial charge in [-0.05, 0) is 13.0 Å². The first-order chi connectivity index (χ1) is 7.16. The smallest absolute Gasteiger partial charge is 0.258 e. The van der Waals surface area contributed by atoms with Crippen LogP contribution in [0.1, 0.15) is 17.5 Å². The predicted octanol–water partition coefficient (Wildman–Crippen LogP) is 2.57. The lowest BCUT2D eigenvalue weighted by Crippen LogP contribution is -1.93. The van der Waals surface area contributed by atoms with Crippen LogP contribution in [0.5, 0.6) is 0 Å². The van der Waals surface area contributed by atoms with Crippen molar-refractivity contribution >= 4 is 18.3 Å². The van der Waals surface area contributed by atoms with Gasteiger partial charge in [0.15, 0.2) is 0 Å². The first kappa shape index (κ1) is 11.6. The van der Waals surface area contributed by atoms with Crippen molar-refractivity contribution in [1.29, 1.82) is 0 Å². The molecule has 0 fully saturated rings. The molecule has 0 spiro atoms. The summed E-state index contributed by atoms with van der Waals surface area (Å²) in [5.74, 6) is 6.51. The van der Waals surface area contributed by atoms with E-state index in [1.54, 1.807) is 19.1 Å². The van der Waals surface area contributed by atoms with Gasteiger partial charge in [0, 0.05) is 29.4 Å². The first-order valence-corrected chi connectivity index (χ1v) is 5.14. The molecule has 0 aliphatic carbocycles. The third-order valence-electron chi connectivity index (χ3n) is 1.96. The summed E-state index contributed by atoms with van der Waals surface area (Å²) in [6.07, 6.45) is 0.686. The lowest BCUT2D eigenvalue weighted by Gasteiger charge is -1.98. The molecular formula is C11H11NO2S. The van der Waals surface area contributed by atoms with Crippen LogP contribution in [-0.4, -0.2) is 10.7 Å². The van der Waals surface area contributed by atoms with E-state index in [1.807, 2.05) is 0 Å². The molecule has 0 atom stereocenters. The van der Waals surface area contributed by atoms with E-state index in [9.17, 15) is 10.1 Å². The number of rotatable bonds is 2. The Morgan fingerprint density at radius 3 is 2.87 bits per heavy atom. The Morgan fingerprint density at radius 2 is 2.27 bits per heavy atom. The summed E-state index contributed by atoms with van der Waals surface area (Å²) in [7, 11) is 0. The number of nitro benzene ring substituents is 1. The lowest BCUT2D eigenvalue weighted by molar-refractivity contribution is -0.385. The third kappa shape index (κ3) is 3.00. The van der Waals surface area contributed by atoms with E-state index in [2.05, 4.69) is 24.5 Å². The van der Waals surface area contributed by atoms with Crippen molar-refractivity contribution in [3.8, 4) is 11.8 Å². The second kappa shape index (κ2) is 5.42. The highest BCUT2D eigenvalue weighted by molar-refractivity contribution is 7.80. The van der Waals surface area contributed by atoms with Crippen LogP contribution in [0, 0.1) is 28.9 Å². The Hall–Kier alpha value is -1.47. The molecule has 1 rings (SSSR count). The summed E-state index contributed by atoms with van der Waals surface area (Å²) in [6.45, 7) is 1.71. The zero-order valence-corrected chi connectivity index (χ0v) is 9.25. The van der Waals surface area contributed by atoms with Crippen LogP contribution in [0.25, 0.3) is 0 Å². The topological polar surface area (TPSA) is 43.1 Å². The molecule has 0 bridgehead atoms. The molecule has 0 unspecified atom stereocenters. The van der Waals surface area contributed by atoms with Gasteiger partial charge < -0.3 is 0 Å². The maximum absolute atomic E-state index is 10.6. The summed E-state index contributed by atoms with van der Waals surface area (Å²) in [5, 5.41) is 10.6. The zero-order chi connectivity index (χ0) is 11.3. The molecule has 15 heavy (non-hydrogen) atoms. The SMILES string of the molecule is Cc1c(C#CCCS)cccc1[N+](=O)[O-]. The molecule has 4 heteroatoms. The van der Waals surface area contributed by atoms with Crippen LogP contribution < -0.4 is 0 Å². The minimum absolute atomic E-state index is 0.118. The monoisotopic (exact) mass is 221 g/mol. The van der Waals surface area contributed by atoms with Crippen LogP contribution >= 0.6 is 12.6 Å². The van der Waals surface area contributed by atoms with Crippen molar-refractivity contribution in [2.75, 3.05) is 5.75 Å². The fourth-order valence-electron chi connectivity index (χ4n) is 1.17. The molecule has 3 nitrogen and oxygen atoms in total. The van der Waals surface area contributed by atoms with Crippen LogP contribution in [-0.2, 0) is 0 Å². The number of nitrogens with zero attached hydrogens (tertiary/aromatic N) is 1. The second-order valence-electron chi connectivity index (χ2n) is 2.98. The van der Waals surface area contributed by atoms with Gasteiger partial charge in [0.1, 0.15) is 0 Å². The van der Waals surface area contributed by atoms with Crippen molar-refractivity contribution in [3.63, 3.8) is 0 Å². The Kier molecular flexibility index (Phi) is 4.19. The molecule has 1 aromatic carbocycles. The van der Waals surface area contributed by atoms with E-state index in [-0.39, 0.29) is 10.6 Å². The minimum atomic E-state index is -0.390. The summed E-state index contributed by atoms with van der Waals surface area (Å²) in [4.78, 5) is 10.3. The number of thiol groups is 1. The molecule has 1 aromatic rings. The molecule has 78 valence electrons. The van der Waals surface area contributed by atoms with E-state index >= 15 is 0 Å². The highest BCUT2D eigenvalue weighted by Crippen LogP contribution is 2.20. The van der Waals surface area contributed by atoms with E-state index < -0.39 is 0 Å². The Labute approximate surface area is 94.1 Å². The Bertz CT molecular complexity index is 432. The van der Waals surface area contributed by atoms with E-state index in [4.69, 9.17) is 0 Å². The van der Waals surface area contributed by atoms with Crippen LogP contribution in [0.4, 0.5) is 5.69 Å². The Balaban J connectivity index is 3.06. The van der Waals surface area contributed by atoms with Crippen LogP contribution in [0.2, 0.25) is 0 Å². The maximum Gasteiger partial charge on any atom is 0.273 e. The molecule has 0 aliphatic rings. The summed E-state index contributed by atoms with van der Waals surface area (Å²) >= 11 is 4.04. The highest BCUT2D eigenvalue weighted by atomic mass is 32.1. The lowest BCUT2D eigenvalue weighted by atomic mass is 10.1. The van der Waals surface area contributed by atoms with Crippen molar-refractivity contribution < 1.29 is 4.92 Å². The van der Waals surface area contributed by atoms with Crippen molar-refractivity contribution in [1.82, 2.24) is 0 Å². The molecule has 0 N–H and O–H groups in total. The largest absolute Gasteiger partial charge is 0.273 e. The fourth-order valence-corrected chi connectivity index (χ4v) is 1.28. The first-order valence-electron chi connectivity index (χ1n) is 4.50. The van der Waals surface area contributed by atoms with Gasteiger partial charge in [-0.1, -0.05) is 17.9 Å². The molecule has 0 saturated heterocycles. The molecular weight excluding hydrogens is 210 g/mol. The predicted molar refractivity (Wildman–Crippen MR) is 63.2 cm³/mol. The summed E-state index contributed by atoms with van der Waals surface area (Å²) < 4.78 is 0. The summed E-state index contributed by atoms with van der Waals surface area (Å²) in [5.41, 5.74) is 1.45. The molecule has 0 saturated carbocycles. The number of hydrogen-bond acceptors (Lipinski definition) is 3. The quantitative estimate of drug-likeness (QED) is 0.361. The maximum atomic E-state index is 10.6. The van der Waals surface area contributed by atoms with Crippen molar-refractivity contribution in [3.05, 3.63) is 39.4 Å². The van der Waals surface area contributed by atoms with Gasteiger partial charge in [0.25, 0.3) is 5.69 Å².